The van der Waals surface area contributed by atoms with Gasteiger partial charge in [0, 0.05) is 30.2 Å². The molecule has 3 rings (SSSR count). The van der Waals surface area contributed by atoms with Crippen LogP contribution in [0.5, 0.6) is 0 Å². The molecule has 0 bridgehead atoms. The number of carbonyl (C=O) groups excluding carboxylic acids is 1. The van der Waals surface area contributed by atoms with Gasteiger partial charge in [0.05, 0.1) is 27.8 Å². The second-order valence-corrected chi connectivity index (χ2v) is 6.79. The van der Waals surface area contributed by atoms with Crippen LogP contribution in [0.25, 0.3) is 5.69 Å². The molecule has 1 amide bonds. The zero-order valence-electron chi connectivity index (χ0n) is 14.5. The van der Waals surface area contributed by atoms with Gasteiger partial charge < -0.3 is 5.32 Å². The van der Waals surface area contributed by atoms with Gasteiger partial charge in [-0.15, -0.1) is 0 Å². The van der Waals surface area contributed by atoms with Crippen LogP contribution in [0.4, 0.5) is 0 Å². The number of carbonyl (C=O) groups is 1. The van der Waals surface area contributed by atoms with Crippen LogP contribution >= 0.6 is 23.2 Å². The molecule has 134 valence electrons. The van der Waals surface area contributed by atoms with Crippen molar-refractivity contribution in [1.29, 1.82) is 0 Å². The Hall–Kier alpha value is -2.37. The zero-order chi connectivity index (χ0) is 18.7. The second-order valence-electron chi connectivity index (χ2n) is 5.97. The molecule has 7 heteroatoms. The quantitative estimate of drug-likeness (QED) is 0.716. The van der Waals surface area contributed by atoms with Crippen molar-refractivity contribution in [3.8, 4) is 5.69 Å². The standard InChI is InChI=1S/C19H18Cl2N4O/c1-12-16(9-19(26)23-11-14-4-3-7-22-10-14)13(2)25(24-12)15-5-6-17(20)18(21)8-15/h3-8,10H,9,11H2,1-2H3,(H,23,26). The van der Waals surface area contributed by atoms with Gasteiger partial charge in [-0.05, 0) is 43.7 Å². The Morgan fingerprint density at radius 3 is 2.69 bits per heavy atom. The predicted octanol–water partition coefficient (Wildman–Crippen LogP) is 4.05. The molecule has 0 atom stereocenters. The van der Waals surface area contributed by atoms with Crippen LogP contribution < -0.4 is 5.32 Å². The molecule has 0 unspecified atom stereocenters. The SMILES string of the molecule is Cc1nn(-c2ccc(Cl)c(Cl)c2)c(C)c1CC(=O)NCc1cccnc1. The van der Waals surface area contributed by atoms with Crippen molar-refractivity contribution in [3.63, 3.8) is 0 Å². The molecule has 0 fully saturated rings. The van der Waals surface area contributed by atoms with Gasteiger partial charge in [0.2, 0.25) is 5.91 Å². The largest absolute Gasteiger partial charge is 0.352 e. The molecule has 2 aromatic heterocycles. The maximum Gasteiger partial charge on any atom is 0.224 e. The van der Waals surface area contributed by atoms with E-state index < -0.39 is 0 Å². The summed E-state index contributed by atoms with van der Waals surface area (Å²) < 4.78 is 1.78. The number of pyridine rings is 1. The normalized spacial score (nSPS) is 10.8. The van der Waals surface area contributed by atoms with Gasteiger partial charge in [0.15, 0.2) is 0 Å². The van der Waals surface area contributed by atoms with E-state index in [1.54, 1.807) is 29.2 Å². The third-order valence-electron chi connectivity index (χ3n) is 4.14. The van der Waals surface area contributed by atoms with E-state index in [0.717, 1.165) is 28.2 Å². The summed E-state index contributed by atoms with van der Waals surface area (Å²) >= 11 is 12.1. The fourth-order valence-electron chi connectivity index (χ4n) is 2.73. The van der Waals surface area contributed by atoms with Crippen molar-refractivity contribution in [1.82, 2.24) is 20.1 Å². The van der Waals surface area contributed by atoms with Crippen LogP contribution in [-0.2, 0) is 17.8 Å². The first-order valence-electron chi connectivity index (χ1n) is 8.12. The van der Waals surface area contributed by atoms with Crippen molar-refractivity contribution in [2.45, 2.75) is 26.8 Å². The van der Waals surface area contributed by atoms with Gasteiger partial charge in [-0.3, -0.25) is 9.78 Å². The van der Waals surface area contributed by atoms with Crippen molar-refractivity contribution < 1.29 is 4.79 Å². The molecule has 26 heavy (non-hydrogen) atoms. The van der Waals surface area contributed by atoms with Crippen LogP contribution in [-0.4, -0.2) is 20.7 Å². The zero-order valence-corrected chi connectivity index (χ0v) is 16.0. The van der Waals surface area contributed by atoms with E-state index >= 15 is 0 Å². The third kappa shape index (κ3) is 4.06. The van der Waals surface area contributed by atoms with E-state index in [-0.39, 0.29) is 12.3 Å². The Morgan fingerprint density at radius 1 is 1.19 bits per heavy atom. The minimum Gasteiger partial charge on any atom is -0.352 e. The highest BCUT2D eigenvalue weighted by atomic mass is 35.5. The first-order valence-corrected chi connectivity index (χ1v) is 8.87. The average molecular weight is 389 g/mol. The summed E-state index contributed by atoms with van der Waals surface area (Å²) in [7, 11) is 0. The van der Waals surface area contributed by atoms with E-state index in [0.29, 0.717) is 16.6 Å². The summed E-state index contributed by atoms with van der Waals surface area (Å²) in [5.41, 5.74) is 4.38. The number of halogens is 2. The number of benzene rings is 1. The van der Waals surface area contributed by atoms with Gasteiger partial charge in [-0.1, -0.05) is 29.3 Å². The number of hydrogen-bond acceptors (Lipinski definition) is 3. The molecular formula is C19H18Cl2N4O. The van der Waals surface area contributed by atoms with E-state index in [1.807, 2.05) is 32.0 Å². The Bertz CT molecular complexity index is 938. The molecule has 0 spiro atoms. The smallest absolute Gasteiger partial charge is 0.224 e. The van der Waals surface area contributed by atoms with Crippen molar-refractivity contribution in [2.75, 3.05) is 0 Å². The average Bonchev–Trinajstić information content (AvgIpc) is 2.91. The first-order chi connectivity index (χ1) is 12.5. The van der Waals surface area contributed by atoms with Crippen LogP contribution in [0.3, 0.4) is 0 Å². The van der Waals surface area contributed by atoms with Crippen LogP contribution in [0.2, 0.25) is 10.0 Å². The predicted molar refractivity (Wildman–Crippen MR) is 103 cm³/mol. The monoisotopic (exact) mass is 388 g/mol. The van der Waals surface area contributed by atoms with Gasteiger partial charge in [-0.25, -0.2) is 4.68 Å². The fourth-order valence-corrected chi connectivity index (χ4v) is 3.02. The molecule has 0 radical (unpaired) electrons. The summed E-state index contributed by atoms with van der Waals surface area (Å²) in [6.07, 6.45) is 3.70. The van der Waals surface area contributed by atoms with Crippen molar-refractivity contribution in [2.24, 2.45) is 0 Å². The van der Waals surface area contributed by atoms with Crippen molar-refractivity contribution in [3.05, 3.63) is 75.3 Å². The van der Waals surface area contributed by atoms with E-state index in [9.17, 15) is 4.79 Å². The van der Waals surface area contributed by atoms with E-state index in [4.69, 9.17) is 23.2 Å². The van der Waals surface area contributed by atoms with Gasteiger partial charge in [-0.2, -0.15) is 5.10 Å². The fraction of sp³-hybridized carbons (Fsp3) is 0.211. The lowest BCUT2D eigenvalue weighted by Crippen LogP contribution is -2.25. The highest BCUT2D eigenvalue weighted by molar-refractivity contribution is 6.42. The van der Waals surface area contributed by atoms with Crippen LogP contribution in [0, 0.1) is 13.8 Å². The number of aromatic nitrogens is 3. The topological polar surface area (TPSA) is 59.8 Å². The Morgan fingerprint density at radius 2 is 2.00 bits per heavy atom. The van der Waals surface area contributed by atoms with E-state index in [1.165, 1.54) is 0 Å². The number of rotatable bonds is 5. The summed E-state index contributed by atoms with van der Waals surface area (Å²) in [4.78, 5) is 16.4. The van der Waals surface area contributed by atoms with Gasteiger partial charge >= 0.3 is 0 Å². The number of amides is 1. The number of nitrogens with one attached hydrogen (secondary N) is 1. The van der Waals surface area contributed by atoms with Gasteiger partial charge in [0.25, 0.3) is 0 Å². The highest BCUT2D eigenvalue weighted by Crippen LogP contribution is 2.26. The molecule has 0 aliphatic heterocycles. The maximum absolute atomic E-state index is 12.3. The lowest BCUT2D eigenvalue weighted by molar-refractivity contribution is -0.120. The Labute approximate surface area is 162 Å². The molecule has 1 N–H and O–H groups in total. The molecule has 0 saturated heterocycles. The van der Waals surface area contributed by atoms with Crippen LogP contribution in [0.1, 0.15) is 22.5 Å². The molecule has 5 nitrogen and oxygen atoms in total. The second kappa shape index (κ2) is 7.89. The maximum atomic E-state index is 12.3. The highest BCUT2D eigenvalue weighted by Gasteiger charge is 2.16. The molecule has 0 aliphatic carbocycles. The van der Waals surface area contributed by atoms with Crippen molar-refractivity contribution >= 4 is 29.1 Å². The number of nitrogens with zero attached hydrogens (tertiary/aromatic N) is 3. The minimum atomic E-state index is -0.0614. The third-order valence-corrected chi connectivity index (χ3v) is 4.88. The molecule has 0 saturated carbocycles. The summed E-state index contributed by atoms with van der Waals surface area (Å²) in [5, 5.41) is 8.42. The summed E-state index contributed by atoms with van der Waals surface area (Å²) in [6.45, 7) is 4.28. The first kappa shape index (κ1) is 18.4. The summed E-state index contributed by atoms with van der Waals surface area (Å²) in [6, 6.07) is 9.11. The molecule has 2 heterocycles. The molecule has 1 aromatic carbocycles. The van der Waals surface area contributed by atoms with Crippen LogP contribution in [0.15, 0.2) is 42.7 Å². The number of hydrogen-bond donors (Lipinski definition) is 1. The summed E-state index contributed by atoms with van der Waals surface area (Å²) in [5.74, 6) is -0.0614. The lowest BCUT2D eigenvalue weighted by atomic mass is 10.1. The Balaban J connectivity index is 1.75. The van der Waals surface area contributed by atoms with Gasteiger partial charge in [0.1, 0.15) is 0 Å². The minimum absolute atomic E-state index is 0.0614. The Kier molecular flexibility index (Phi) is 5.59. The molecule has 3 aromatic rings. The molecular weight excluding hydrogens is 371 g/mol. The molecule has 0 aliphatic rings. The van der Waals surface area contributed by atoms with E-state index in [2.05, 4.69) is 15.4 Å². The lowest BCUT2D eigenvalue weighted by Gasteiger charge is -2.08. The number of aryl methyl sites for hydroxylation is 1.